The van der Waals surface area contributed by atoms with Crippen molar-refractivity contribution in [3.8, 4) is 0 Å². The van der Waals surface area contributed by atoms with Gasteiger partial charge in [-0.05, 0) is 38.1 Å². The van der Waals surface area contributed by atoms with Gasteiger partial charge in [-0.2, -0.15) is 0 Å². The van der Waals surface area contributed by atoms with E-state index < -0.39 is 0 Å². The minimum atomic E-state index is -0.0882. The highest BCUT2D eigenvalue weighted by molar-refractivity contribution is 5.91. The molecule has 1 aliphatic heterocycles. The molecule has 1 fully saturated rings. The van der Waals surface area contributed by atoms with Crippen molar-refractivity contribution in [2.45, 2.75) is 18.9 Å². The zero-order valence-electron chi connectivity index (χ0n) is 9.82. The number of hydrogen-bond donors (Lipinski definition) is 2. The molecule has 1 aromatic rings. The number of benzene rings is 1. The van der Waals surface area contributed by atoms with Crippen molar-refractivity contribution in [1.82, 2.24) is 5.32 Å². The first-order chi connectivity index (χ1) is 8.34. The van der Waals surface area contributed by atoms with Crippen molar-refractivity contribution >= 4 is 11.6 Å². The molecule has 1 heterocycles. The molecule has 0 bridgehead atoms. The maximum absolute atomic E-state index is 11.6. The van der Waals surface area contributed by atoms with Gasteiger partial charge in [0.05, 0.1) is 6.10 Å². The highest BCUT2D eigenvalue weighted by Gasteiger charge is 2.14. The van der Waals surface area contributed by atoms with Gasteiger partial charge in [0.25, 0.3) is 0 Å². The number of para-hydroxylation sites is 1. The number of hydrogen-bond acceptors (Lipinski definition) is 3. The fourth-order valence-electron chi connectivity index (χ4n) is 1.87. The molecule has 0 aromatic heterocycles. The van der Waals surface area contributed by atoms with Crippen LogP contribution in [0.3, 0.4) is 0 Å². The van der Waals surface area contributed by atoms with Gasteiger partial charge in [0.1, 0.15) is 6.61 Å². The third kappa shape index (κ3) is 4.17. The highest BCUT2D eigenvalue weighted by Crippen LogP contribution is 2.08. The Balaban J connectivity index is 1.70. The molecule has 1 aromatic carbocycles. The Labute approximate surface area is 101 Å². The molecule has 0 atom stereocenters. The lowest BCUT2D eigenvalue weighted by atomic mass is 10.1. The van der Waals surface area contributed by atoms with Crippen LogP contribution in [0.2, 0.25) is 0 Å². The Kier molecular flexibility index (Phi) is 4.53. The third-order valence-electron chi connectivity index (χ3n) is 2.79. The second-order valence-corrected chi connectivity index (χ2v) is 4.17. The zero-order valence-corrected chi connectivity index (χ0v) is 9.82. The van der Waals surface area contributed by atoms with E-state index in [0.717, 1.165) is 31.6 Å². The lowest BCUT2D eigenvalue weighted by Gasteiger charge is -2.22. The molecule has 1 saturated heterocycles. The predicted molar refractivity (Wildman–Crippen MR) is 66.9 cm³/mol. The van der Waals surface area contributed by atoms with Crippen LogP contribution < -0.4 is 10.6 Å². The van der Waals surface area contributed by atoms with Gasteiger partial charge in [-0.15, -0.1) is 0 Å². The molecule has 0 radical (unpaired) electrons. The molecule has 1 amide bonds. The van der Waals surface area contributed by atoms with Gasteiger partial charge in [-0.3, -0.25) is 4.79 Å². The normalized spacial score (nSPS) is 16.7. The Bertz CT molecular complexity index is 348. The summed E-state index contributed by atoms with van der Waals surface area (Å²) in [6.07, 6.45) is 2.19. The molecule has 17 heavy (non-hydrogen) atoms. The molecular formula is C13H18N2O2. The number of nitrogens with one attached hydrogen (secondary N) is 2. The summed E-state index contributed by atoms with van der Waals surface area (Å²) in [4.78, 5) is 11.6. The van der Waals surface area contributed by atoms with Crippen LogP contribution in [0.25, 0.3) is 0 Å². The SMILES string of the molecule is O=C(COC1CCNCC1)Nc1ccccc1. The van der Waals surface area contributed by atoms with Gasteiger partial charge < -0.3 is 15.4 Å². The van der Waals surface area contributed by atoms with E-state index in [1.165, 1.54) is 0 Å². The molecule has 2 N–H and O–H groups in total. The average Bonchev–Trinajstić information content (AvgIpc) is 2.39. The maximum Gasteiger partial charge on any atom is 0.250 e. The smallest absolute Gasteiger partial charge is 0.250 e. The molecule has 0 aliphatic carbocycles. The van der Waals surface area contributed by atoms with Crippen LogP contribution in [0.4, 0.5) is 5.69 Å². The largest absolute Gasteiger partial charge is 0.368 e. The van der Waals surface area contributed by atoms with Gasteiger partial charge in [0.15, 0.2) is 0 Å². The number of amides is 1. The van der Waals surface area contributed by atoms with Crippen LogP contribution in [0.5, 0.6) is 0 Å². The number of piperidine rings is 1. The fourth-order valence-corrected chi connectivity index (χ4v) is 1.87. The predicted octanol–water partition coefficient (Wildman–Crippen LogP) is 1.39. The van der Waals surface area contributed by atoms with Crippen LogP contribution in [0.15, 0.2) is 30.3 Å². The van der Waals surface area contributed by atoms with Gasteiger partial charge in [0.2, 0.25) is 5.91 Å². The Morgan fingerprint density at radius 1 is 1.29 bits per heavy atom. The Hall–Kier alpha value is -1.39. The van der Waals surface area contributed by atoms with Crippen molar-refractivity contribution in [2.24, 2.45) is 0 Å². The molecule has 2 rings (SSSR count). The van der Waals surface area contributed by atoms with Crippen LogP contribution in [-0.2, 0) is 9.53 Å². The molecule has 1 aliphatic rings. The summed E-state index contributed by atoms with van der Waals surface area (Å²) >= 11 is 0. The summed E-state index contributed by atoms with van der Waals surface area (Å²) in [6, 6.07) is 9.43. The summed E-state index contributed by atoms with van der Waals surface area (Å²) in [5.41, 5.74) is 0.811. The summed E-state index contributed by atoms with van der Waals surface area (Å²) < 4.78 is 5.56. The van der Waals surface area contributed by atoms with E-state index in [1.807, 2.05) is 30.3 Å². The van der Waals surface area contributed by atoms with Crippen molar-refractivity contribution in [2.75, 3.05) is 25.0 Å². The summed E-state index contributed by atoms with van der Waals surface area (Å²) in [7, 11) is 0. The molecule has 4 nitrogen and oxygen atoms in total. The Morgan fingerprint density at radius 2 is 2.00 bits per heavy atom. The number of carbonyl (C=O) groups is 1. The van der Waals surface area contributed by atoms with E-state index >= 15 is 0 Å². The second kappa shape index (κ2) is 6.37. The lowest BCUT2D eigenvalue weighted by Crippen LogP contribution is -2.34. The first kappa shape index (κ1) is 12.1. The number of anilines is 1. The van der Waals surface area contributed by atoms with Gasteiger partial charge in [-0.1, -0.05) is 18.2 Å². The molecule has 0 spiro atoms. The van der Waals surface area contributed by atoms with E-state index in [-0.39, 0.29) is 18.6 Å². The van der Waals surface area contributed by atoms with Crippen LogP contribution in [-0.4, -0.2) is 31.7 Å². The molecule has 92 valence electrons. The minimum Gasteiger partial charge on any atom is -0.368 e. The molecule has 4 heteroatoms. The lowest BCUT2D eigenvalue weighted by molar-refractivity contribution is -0.123. The van der Waals surface area contributed by atoms with Crippen LogP contribution >= 0.6 is 0 Å². The number of ether oxygens (including phenoxy) is 1. The van der Waals surface area contributed by atoms with E-state index in [2.05, 4.69) is 10.6 Å². The van der Waals surface area contributed by atoms with Crippen molar-refractivity contribution in [3.05, 3.63) is 30.3 Å². The maximum atomic E-state index is 11.6. The van der Waals surface area contributed by atoms with Gasteiger partial charge in [0, 0.05) is 5.69 Å². The van der Waals surface area contributed by atoms with Crippen LogP contribution in [0.1, 0.15) is 12.8 Å². The highest BCUT2D eigenvalue weighted by atomic mass is 16.5. The van der Waals surface area contributed by atoms with E-state index in [1.54, 1.807) is 0 Å². The van der Waals surface area contributed by atoms with E-state index in [9.17, 15) is 4.79 Å². The van der Waals surface area contributed by atoms with Crippen LogP contribution in [0, 0.1) is 0 Å². The van der Waals surface area contributed by atoms with Gasteiger partial charge in [-0.25, -0.2) is 0 Å². The first-order valence-electron chi connectivity index (χ1n) is 6.02. The van der Waals surface area contributed by atoms with E-state index in [0.29, 0.717) is 0 Å². The zero-order chi connectivity index (χ0) is 11.9. The monoisotopic (exact) mass is 234 g/mol. The number of rotatable bonds is 4. The molecule has 0 saturated carbocycles. The van der Waals surface area contributed by atoms with Gasteiger partial charge >= 0.3 is 0 Å². The van der Waals surface area contributed by atoms with Crippen molar-refractivity contribution < 1.29 is 9.53 Å². The summed E-state index contributed by atoms with van der Waals surface area (Å²) in [6.45, 7) is 2.09. The van der Waals surface area contributed by atoms with E-state index in [4.69, 9.17) is 4.74 Å². The molecule has 0 unspecified atom stereocenters. The standard InChI is InChI=1S/C13H18N2O2/c16-13(15-11-4-2-1-3-5-11)10-17-12-6-8-14-9-7-12/h1-5,12,14H,6-10H2,(H,15,16). The second-order valence-electron chi connectivity index (χ2n) is 4.17. The number of carbonyl (C=O) groups excluding carboxylic acids is 1. The minimum absolute atomic E-state index is 0.0882. The van der Waals surface area contributed by atoms with Crippen molar-refractivity contribution in [1.29, 1.82) is 0 Å². The Morgan fingerprint density at radius 3 is 2.71 bits per heavy atom. The van der Waals surface area contributed by atoms with Crippen molar-refractivity contribution in [3.63, 3.8) is 0 Å². The topological polar surface area (TPSA) is 50.4 Å². The first-order valence-corrected chi connectivity index (χ1v) is 6.02. The average molecular weight is 234 g/mol. The summed E-state index contributed by atoms with van der Waals surface area (Å²) in [5, 5.41) is 6.06. The third-order valence-corrected chi connectivity index (χ3v) is 2.79. The molecular weight excluding hydrogens is 216 g/mol. The quantitative estimate of drug-likeness (QED) is 0.827. The fraction of sp³-hybridized carbons (Fsp3) is 0.462. The summed E-state index contributed by atoms with van der Waals surface area (Å²) in [5.74, 6) is -0.0882.